The van der Waals surface area contributed by atoms with Gasteiger partial charge in [0, 0.05) is 0 Å². The SMILES string of the molecule is CCOC(=O)c1ccc(OCC(O)Cn2nc(C)c([N+](=O)[O-])c2C)cc1. The molecule has 1 N–H and O–H groups in total. The van der Waals surface area contributed by atoms with Gasteiger partial charge in [-0.15, -0.1) is 0 Å². The molecule has 0 radical (unpaired) electrons. The molecule has 0 bridgehead atoms. The van der Waals surface area contributed by atoms with Gasteiger partial charge in [0.25, 0.3) is 0 Å². The molecule has 1 atom stereocenters. The van der Waals surface area contributed by atoms with Gasteiger partial charge in [-0.2, -0.15) is 5.10 Å². The molecular formula is C17H21N3O6. The molecule has 0 spiro atoms. The number of aliphatic hydroxyl groups is 1. The average Bonchev–Trinajstić information content (AvgIpc) is 2.87. The number of aryl methyl sites for hydroxylation is 1. The topological polar surface area (TPSA) is 117 Å². The van der Waals surface area contributed by atoms with E-state index in [9.17, 15) is 20.0 Å². The minimum absolute atomic E-state index is 0.0229. The van der Waals surface area contributed by atoms with E-state index in [1.54, 1.807) is 45.0 Å². The molecule has 1 aromatic carbocycles. The summed E-state index contributed by atoms with van der Waals surface area (Å²) in [6, 6.07) is 6.36. The van der Waals surface area contributed by atoms with Gasteiger partial charge in [-0.25, -0.2) is 4.79 Å². The molecule has 140 valence electrons. The molecule has 1 unspecified atom stereocenters. The average molecular weight is 363 g/mol. The molecule has 0 amide bonds. The zero-order valence-electron chi connectivity index (χ0n) is 14.8. The molecule has 9 heteroatoms. The van der Waals surface area contributed by atoms with E-state index in [0.717, 1.165) is 0 Å². The molecule has 1 aromatic heterocycles. The Morgan fingerprint density at radius 2 is 2.00 bits per heavy atom. The van der Waals surface area contributed by atoms with Crippen LogP contribution in [0.4, 0.5) is 5.69 Å². The molecule has 0 aliphatic carbocycles. The summed E-state index contributed by atoms with van der Waals surface area (Å²) in [4.78, 5) is 22.1. The Kier molecular flexibility index (Phi) is 6.29. The first-order valence-electron chi connectivity index (χ1n) is 8.10. The molecule has 1 heterocycles. The van der Waals surface area contributed by atoms with Crippen molar-refractivity contribution in [1.82, 2.24) is 9.78 Å². The summed E-state index contributed by atoms with van der Waals surface area (Å²) >= 11 is 0. The van der Waals surface area contributed by atoms with E-state index < -0.39 is 17.0 Å². The fourth-order valence-electron chi connectivity index (χ4n) is 2.48. The number of nitro groups is 1. The lowest BCUT2D eigenvalue weighted by Gasteiger charge is -2.13. The second-order valence-electron chi connectivity index (χ2n) is 5.67. The Morgan fingerprint density at radius 1 is 1.35 bits per heavy atom. The second-order valence-corrected chi connectivity index (χ2v) is 5.67. The number of nitrogens with zero attached hydrogens (tertiary/aromatic N) is 3. The van der Waals surface area contributed by atoms with Crippen LogP contribution in [0, 0.1) is 24.0 Å². The fraction of sp³-hybridized carbons (Fsp3) is 0.412. The van der Waals surface area contributed by atoms with E-state index in [2.05, 4.69) is 5.10 Å². The van der Waals surface area contributed by atoms with E-state index >= 15 is 0 Å². The van der Waals surface area contributed by atoms with Crippen LogP contribution in [0.1, 0.15) is 28.7 Å². The summed E-state index contributed by atoms with van der Waals surface area (Å²) in [6.45, 7) is 5.21. The van der Waals surface area contributed by atoms with Gasteiger partial charge in [-0.3, -0.25) is 14.8 Å². The molecule has 0 aliphatic rings. The summed E-state index contributed by atoms with van der Waals surface area (Å²) in [5.74, 6) is 0.0710. The van der Waals surface area contributed by atoms with Crippen LogP contribution in [-0.2, 0) is 11.3 Å². The number of benzene rings is 1. The summed E-state index contributed by atoms with van der Waals surface area (Å²) in [5, 5.41) is 25.2. The van der Waals surface area contributed by atoms with Gasteiger partial charge in [0.1, 0.15) is 29.8 Å². The second kappa shape index (κ2) is 8.43. The first-order chi connectivity index (χ1) is 12.3. The van der Waals surface area contributed by atoms with E-state index in [0.29, 0.717) is 29.3 Å². The minimum atomic E-state index is -0.905. The van der Waals surface area contributed by atoms with Gasteiger partial charge in [0.2, 0.25) is 0 Å². The highest BCUT2D eigenvalue weighted by Crippen LogP contribution is 2.22. The van der Waals surface area contributed by atoms with Crippen LogP contribution in [0.15, 0.2) is 24.3 Å². The Hall–Kier alpha value is -2.94. The zero-order valence-corrected chi connectivity index (χ0v) is 14.8. The maximum absolute atomic E-state index is 11.6. The highest BCUT2D eigenvalue weighted by molar-refractivity contribution is 5.89. The molecule has 0 fully saturated rings. The largest absolute Gasteiger partial charge is 0.491 e. The van der Waals surface area contributed by atoms with Gasteiger partial charge < -0.3 is 14.6 Å². The van der Waals surface area contributed by atoms with Gasteiger partial charge in [-0.1, -0.05) is 0 Å². The molecule has 26 heavy (non-hydrogen) atoms. The predicted molar refractivity (Wildman–Crippen MR) is 92.3 cm³/mol. The molecule has 2 aromatic rings. The molecule has 0 aliphatic heterocycles. The number of hydrogen-bond donors (Lipinski definition) is 1. The number of aliphatic hydroxyl groups excluding tert-OH is 1. The van der Waals surface area contributed by atoms with E-state index in [1.807, 2.05) is 0 Å². The number of aromatic nitrogens is 2. The van der Waals surface area contributed by atoms with Crippen molar-refractivity contribution in [3.8, 4) is 5.75 Å². The summed E-state index contributed by atoms with van der Waals surface area (Å²) in [5.41, 5.74) is 1.04. The van der Waals surface area contributed by atoms with Crippen molar-refractivity contribution in [3.05, 3.63) is 51.3 Å². The molecule has 0 saturated heterocycles. The normalized spacial score (nSPS) is 11.8. The molecular weight excluding hydrogens is 342 g/mol. The molecule has 2 rings (SSSR count). The quantitative estimate of drug-likeness (QED) is 0.433. The highest BCUT2D eigenvalue weighted by atomic mass is 16.6. The monoisotopic (exact) mass is 363 g/mol. The van der Waals surface area contributed by atoms with Crippen LogP contribution in [0.2, 0.25) is 0 Å². The van der Waals surface area contributed by atoms with Crippen molar-refractivity contribution in [2.45, 2.75) is 33.4 Å². The van der Waals surface area contributed by atoms with Crippen LogP contribution in [0.5, 0.6) is 5.75 Å². The van der Waals surface area contributed by atoms with E-state index in [1.165, 1.54) is 4.68 Å². The van der Waals surface area contributed by atoms with Gasteiger partial charge >= 0.3 is 11.7 Å². The van der Waals surface area contributed by atoms with Crippen LogP contribution in [0.25, 0.3) is 0 Å². The zero-order chi connectivity index (χ0) is 19.3. The number of ether oxygens (including phenoxy) is 2. The van der Waals surface area contributed by atoms with Crippen molar-refractivity contribution in [3.63, 3.8) is 0 Å². The predicted octanol–water partition coefficient (Wildman–Crippen LogP) is 2.02. The van der Waals surface area contributed by atoms with Crippen molar-refractivity contribution < 1.29 is 24.3 Å². The van der Waals surface area contributed by atoms with Crippen molar-refractivity contribution in [1.29, 1.82) is 0 Å². The summed E-state index contributed by atoms with van der Waals surface area (Å²) in [6.07, 6.45) is -0.905. The van der Waals surface area contributed by atoms with E-state index in [4.69, 9.17) is 9.47 Å². The number of carbonyl (C=O) groups is 1. The third-order valence-electron chi connectivity index (χ3n) is 3.72. The minimum Gasteiger partial charge on any atom is -0.491 e. The van der Waals surface area contributed by atoms with Crippen LogP contribution in [-0.4, -0.2) is 45.1 Å². The van der Waals surface area contributed by atoms with Gasteiger partial charge in [0.15, 0.2) is 0 Å². The Labute approximate surface area is 150 Å². The lowest BCUT2D eigenvalue weighted by molar-refractivity contribution is -0.386. The van der Waals surface area contributed by atoms with Crippen LogP contribution < -0.4 is 4.74 Å². The first kappa shape index (κ1) is 19.4. The third kappa shape index (κ3) is 4.57. The Bertz CT molecular complexity index is 785. The highest BCUT2D eigenvalue weighted by Gasteiger charge is 2.23. The van der Waals surface area contributed by atoms with Gasteiger partial charge in [0.05, 0.1) is 23.6 Å². The lowest BCUT2D eigenvalue weighted by atomic mass is 10.2. The first-order valence-corrected chi connectivity index (χ1v) is 8.10. The van der Waals surface area contributed by atoms with Crippen molar-refractivity contribution in [2.24, 2.45) is 0 Å². The Balaban J connectivity index is 1.93. The van der Waals surface area contributed by atoms with Crippen LogP contribution >= 0.6 is 0 Å². The Morgan fingerprint density at radius 3 is 2.54 bits per heavy atom. The lowest BCUT2D eigenvalue weighted by Crippen LogP contribution is -2.24. The van der Waals surface area contributed by atoms with Gasteiger partial charge in [-0.05, 0) is 45.0 Å². The summed E-state index contributed by atoms with van der Waals surface area (Å²) in [7, 11) is 0. The van der Waals surface area contributed by atoms with Crippen molar-refractivity contribution >= 4 is 11.7 Å². The number of hydrogen-bond acceptors (Lipinski definition) is 7. The number of rotatable bonds is 8. The maximum Gasteiger partial charge on any atom is 0.338 e. The van der Waals surface area contributed by atoms with Crippen LogP contribution in [0.3, 0.4) is 0 Å². The summed E-state index contributed by atoms with van der Waals surface area (Å²) < 4.78 is 11.8. The third-order valence-corrected chi connectivity index (χ3v) is 3.72. The number of esters is 1. The van der Waals surface area contributed by atoms with Crippen molar-refractivity contribution in [2.75, 3.05) is 13.2 Å². The smallest absolute Gasteiger partial charge is 0.338 e. The molecule has 0 saturated carbocycles. The molecule has 9 nitrogen and oxygen atoms in total. The number of carbonyl (C=O) groups excluding carboxylic acids is 1. The standard InChI is InChI=1S/C17H21N3O6/c1-4-25-17(22)13-5-7-15(8-6-13)26-10-14(21)9-19-12(3)16(20(23)24)11(2)18-19/h5-8,14,21H,4,9-10H2,1-3H3. The fourth-order valence-corrected chi connectivity index (χ4v) is 2.48. The van der Waals surface area contributed by atoms with E-state index in [-0.39, 0.29) is 18.8 Å². The maximum atomic E-state index is 11.6.